The number of benzene rings is 3. The fourth-order valence-electron chi connectivity index (χ4n) is 6.21. The van der Waals surface area contributed by atoms with Gasteiger partial charge in [0, 0.05) is 56.3 Å². The third-order valence-corrected chi connectivity index (χ3v) is 9.28. The Morgan fingerprint density at radius 1 is 1.06 bits per heavy atom. The number of methoxy groups -OCH3 is 1. The highest BCUT2D eigenvalue weighted by Gasteiger charge is 2.43. The number of carbonyl (C=O) groups excluding carboxylic acids is 2. The lowest BCUT2D eigenvalue weighted by Crippen LogP contribution is -2.48. The maximum Gasteiger partial charge on any atom is 0.406 e. The number of ether oxygens (including phenoxy) is 1. The first-order valence-corrected chi connectivity index (χ1v) is 17.7. The first-order valence-electron chi connectivity index (χ1n) is 15.8. The lowest BCUT2D eigenvalue weighted by atomic mass is 9.72. The Kier molecular flexibility index (Phi) is 12.5. The summed E-state index contributed by atoms with van der Waals surface area (Å²) in [5, 5.41) is 18.5. The number of nitrogens with one attached hydrogen (secondary N) is 3. The molecule has 1 aliphatic heterocycles. The van der Waals surface area contributed by atoms with Gasteiger partial charge in [-0.15, -0.1) is 0 Å². The molecule has 0 spiro atoms. The van der Waals surface area contributed by atoms with Gasteiger partial charge in [0.2, 0.25) is 10.0 Å². The number of hydrogen-bond donors (Lipinski definition) is 4. The minimum Gasteiger partial charge on any atom is -0.453 e. The number of likely N-dealkylation sites (tertiary alicyclic amines) is 1. The van der Waals surface area contributed by atoms with Crippen LogP contribution in [-0.4, -0.2) is 76.5 Å². The number of alkyl carbamates (subject to hydrolysis) is 1. The second-order valence-electron chi connectivity index (χ2n) is 12.1. The highest BCUT2D eigenvalue weighted by molar-refractivity contribution is 7.88. The summed E-state index contributed by atoms with van der Waals surface area (Å²) in [6.45, 7) is 4.25. The van der Waals surface area contributed by atoms with Gasteiger partial charge in [0.1, 0.15) is 5.82 Å². The summed E-state index contributed by atoms with van der Waals surface area (Å²) in [5.74, 6) is -0.990. The van der Waals surface area contributed by atoms with Crippen LogP contribution in [-0.2, 0) is 26.9 Å². The number of amides is 2. The second kappa shape index (κ2) is 16.3. The van der Waals surface area contributed by atoms with Gasteiger partial charge in [-0.2, -0.15) is 0 Å². The van der Waals surface area contributed by atoms with Crippen molar-refractivity contribution < 1.29 is 32.2 Å². The number of sulfonamides is 1. The smallest absolute Gasteiger partial charge is 0.406 e. The summed E-state index contributed by atoms with van der Waals surface area (Å²) in [5.41, 5.74) is 2.38. The monoisotopic (exact) mass is 668 g/mol. The molecule has 47 heavy (non-hydrogen) atoms. The van der Waals surface area contributed by atoms with E-state index in [1.54, 1.807) is 29.2 Å². The van der Waals surface area contributed by atoms with Crippen molar-refractivity contribution in [2.45, 2.75) is 44.8 Å². The van der Waals surface area contributed by atoms with Crippen molar-refractivity contribution in [3.05, 3.63) is 94.8 Å². The van der Waals surface area contributed by atoms with Crippen LogP contribution in [0.4, 0.5) is 9.18 Å². The molecular weight excluding hydrogens is 623 g/mol. The van der Waals surface area contributed by atoms with E-state index in [2.05, 4.69) is 20.1 Å². The van der Waals surface area contributed by atoms with Crippen LogP contribution >= 0.6 is 0 Å². The number of nitrogens with zero attached hydrogens (tertiary/aromatic N) is 1. The summed E-state index contributed by atoms with van der Waals surface area (Å²) in [4.78, 5) is 27.1. The van der Waals surface area contributed by atoms with Gasteiger partial charge in [0.05, 0.1) is 19.0 Å². The van der Waals surface area contributed by atoms with Gasteiger partial charge in [0.25, 0.3) is 5.91 Å². The third kappa shape index (κ3) is 9.83. The molecule has 3 aromatic rings. The zero-order chi connectivity index (χ0) is 34.0. The third-order valence-electron chi connectivity index (χ3n) is 8.56. The Bertz CT molecular complexity index is 1640. The van der Waals surface area contributed by atoms with Crippen molar-refractivity contribution in [2.75, 3.05) is 46.1 Å². The molecule has 10 nitrogen and oxygen atoms in total. The van der Waals surface area contributed by atoms with Crippen LogP contribution in [0.15, 0.2) is 66.7 Å². The maximum atomic E-state index is 15.6. The Labute approximate surface area is 276 Å². The predicted octanol–water partition coefficient (Wildman–Crippen LogP) is 4.32. The first kappa shape index (κ1) is 36.0. The van der Waals surface area contributed by atoms with Crippen molar-refractivity contribution in [3.8, 4) is 11.1 Å². The Balaban J connectivity index is 1.54. The molecule has 1 aliphatic rings. The molecule has 2 amide bonds. The van der Waals surface area contributed by atoms with E-state index in [0.717, 1.165) is 17.4 Å². The SMILES string of the molecule is COC(=O)NCCC[C@@](O)(c1cccc(F)c1-c1cccc(C)c1)[C@@H]1CCCN(C(=O)c2ccc(CNCCNS(C)(=O)=O)cc2)C1. The first-order chi connectivity index (χ1) is 22.4. The quantitative estimate of drug-likeness (QED) is 0.188. The summed E-state index contributed by atoms with van der Waals surface area (Å²) in [6.07, 6.45) is 2.47. The molecule has 1 saturated heterocycles. The van der Waals surface area contributed by atoms with Crippen LogP contribution in [0.25, 0.3) is 11.1 Å². The van der Waals surface area contributed by atoms with Crippen LogP contribution in [0.1, 0.15) is 52.7 Å². The number of piperidine rings is 1. The fourth-order valence-corrected chi connectivity index (χ4v) is 6.69. The van der Waals surface area contributed by atoms with Crippen LogP contribution in [0, 0.1) is 18.7 Å². The van der Waals surface area contributed by atoms with E-state index >= 15 is 4.39 Å². The molecule has 0 bridgehead atoms. The molecule has 1 fully saturated rings. The Morgan fingerprint density at radius 2 is 1.81 bits per heavy atom. The summed E-state index contributed by atoms with van der Waals surface area (Å²) >= 11 is 0. The molecule has 0 aromatic heterocycles. The van der Waals surface area contributed by atoms with Crippen molar-refractivity contribution in [2.24, 2.45) is 5.92 Å². The fraction of sp³-hybridized carbons (Fsp3) is 0.429. The molecule has 0 aliphatic carbocycles. The zero-order valence-corrected chi connectivity index (χ0v) is 28.0. The average Bonchev–Trinajstić information content (AvgIpc) is 3.05. The topological polar surface area (TPSA) is 137 Å². The van der Waals surface area contributed by atoms with Crippen LogP contribution < -0.4 is 15.4 Å². The number of aliphatic hydroxyl groups is 1. The molecule has 0 saturated carbocycles. The normalized spacial score (nSPS) is 16.4. The second-order valence-corrected chi connectivity index (χ2v) is 13.9. The van der Waals surface area contributed by atoms with E-state index in [1.807, 2.05) is 43.3 Å². The number of halogens is 1. The zero-order valence-electron chi connectivity index (χ0n) is 27.2. The van der Waals surface area contributed by atoms with Crippen molar-refractivity contribution in [1.82, 2.24) is 20.3 Å². The maximum absolute atomic E-state index is 15.6. The highest BCUT2D eigenvalue weighted by atomic mass is 32.2. The molecule has 3 aromatic carbocycles. The van der Waals surface area contributed by atoms with E-state index in [0.29, 0.717) is 61.2 Å². The van der Waals surface area contributed by atoms with E-state index in [1.165, 1.54) is 13.2 Å². The lowest BCUT2D eigenvalue weighted by molar-refractivity contribution is -0.0564. The van der Waals surface area contributed by atoms with Crippen molar-refractivity contribution in [1.29, 1.82) is 0 Å². The number of aryl methyl sites for hydroxylation is 1. The van der Waals surface area contributed by atoms with Gasteiger partial charge >= 0.3 is 6.09 Å². The Hall–Kier alpha value is -3.84. The molecule has 254 valence electrons. The summed E-state index contributed by atoms with van der Waals surface area (Å²) in [7, 11) is -1.95. The van der Waals surface area contributed by atoms with Gasteiger partial charge in [-0.3, -0.25) is 4.79 Å². The molecule has 12 heteroatoms. The minimum atomic E-state index is -3.24. The van der Waals surface area contributed by atoms with Crippen LogP contribution in [0.5, 0.6) is 0 Å². The molecule has 1 heterocycles. The van der Waals surface area contributed by atoms with Crippen LogP contribution in [0.3, 0.4) is 0 Å². The Morgan fingerprint density at radius 3 is 2.51 bits per heavy atom. The van der Waals surface area contributed by atoms with Gasteiger partial charge in [-0.25, -0.2) is 22.3 Å². The van der Waals surface area contributed by atoms with E-state index in [4.69, 9.17) is 0 Å². The van der Waals surface area contributed by atoms with Gasteiger partial charge in [0.15, 0.2) is 0 Å². The van der Waals surface area contributed by atoms with Gasteiger partial charge in [-0.05, 0) is 67.5 Å². The average molecular weight is 669 g/mol. The predicted molar refractivity (Wildman–Crippen MR) is 180 cm³/mol. The minimum absolute atomic E-state index is 0.153. The standard InChI is InChI=1S/C35H45FN4O6S/c1-25-8-4-9-28(22-25)32-30(11-5-12-31(32)36)35(43,17-7-18-38-34(42)46-2)29-10-6-21-40(24-29)33(41)27-15-13-26(14-16-27)23-37-19-20-39-47(3,44)45/h4-5,8-9,11-16,22,29,37,39,43H,6-7,10,17-21,23-24H2,1-3H3,(H,38,42)/t29-,35+/m1/s1. The van der Waals surface area contributed by atoms with Crippen molar-refractivity contribution >= 4 is 22.0 Å². The number of carbonyl (C=O) groups is 2. The van der Waals surface area contributed by atoms with Gasteiger partial charge < -0.3 is 25.4 Å². The number of rotatable bonds is 14. The molecule has 0 radical (unpaired) electrons. The van der Waals surface area contributed by atoms with Crippen LogP contribution in [0.2, 0.25) is 0 Å². The molecule has 4 rings (SSSR count). The molecule has 4 N–H and O–H groups in total. The van der Waals surface area contributed by atoms with E-state index in [-0.39, 0.29) is 32.0 Å². The molecule has 2 atom stereocenters. The molecular formula is C35H45FN4O6S. The van der Waals surface area contributed by atoms with Crippen molar-refractivity contribution in [3.63, 3.8) is 0 Å². The highest BCUT2D eigenvalue weighted by Crippen LogP contribution is 2.44. The summed E-state index contributed by atoms with van der Waals surface area (Å²) < 4.78 is 45.2. The van der Waals surface area contributed by atoms with Gasteiger partial charge in [-0.1, -0.05) is 54.1 Å². The molecule has 0 unspecified atom stereocenters. The van der Waals surface area contributed by atoms with E-state index in [9.17, 15) is 23.1 Å². The lowest BCUT2D eigenvalue weighted by Gasteiger charge is -2.43. The summed E-state index contributed by atoms with van der Waals surface area (Å²) in [6, 6.07) is 19.5. The largest absolute Gasteiger partial charge is 0.453 e. The number of hydrogen-bond acceptors (Lipinski definition) is 7. The van der Waals surface area contributed by atoms with E-state index < -0.39 is 33.5 Å².